The lowest BCUT2D eigenvalue weighted by atomic mass is 10.1. The highest BCUT2D eigenvalue weighted by Crippen LogP contribution is 2.21. The standard InChI is InChI=1S/C19H22ClNO2S/c1-13-3-8-17(11-14(13)2)24-10-9-19(23)21-12-18(22)15-4-6-16(20)7-5-15/h3-8,11,18,22H,9-10,12H2,1-2H3,(H,21,23). The fourth-order valence-corrected chi connectivity index (χ4v) is 3.24. The highest BCUT2D eigenvalue weighted by molar-refractivity contribution is 7.99. The predicted octanol–water partition coefficient (Wildman–Crippen LogP) is 4.29. The molecule has 0 bridgehead atoms. The van der Waals surface area contributed by atoms with Gasteiger partial charge in [0.15, 0.2) is 0 Å². The molecule has 2 N–H and O–H groups in total. The molecule has 0 heterocycles. The molecule has 24 heavy (non-hydrogen) atoms. The lowest BCUT2D eigenvalue weighted by Crippen LogP contribution is -2.28. The number of hydrogen-bond donors (Lipinski definition) is 2. The Bertz CT molecular complexity index is 688. The van der Waals surface area contributed by atoms with Crippen LogP contribution in [0, 0.1) is 13.8 Å². The van der Waals surface area contributed by atoms with Crippen molar-refractivity contribution < 1.29 is 9.90 Å². The van der Waals surface area contributed by atoms with Gasteiger partial charge in [0.1, 0.15) is 0 Å². The molecule has 3 nitrogen and oxygen atoms in total. The summed E-state index contributed by atoms with van der Waals surface area (Å²) in [5.41, 5.74) is 3.27. The van der Waals surface area contributed by atoms with Crippen LogP contribution in [-0.2, 0) is 4.79 Å². The van der Waals surface area contributed by atoms with Gasteiger partial charge in [-0.2, -0.15) is 0 Å². The van der Waals surface area contributed by atoms with Crippen molar-refractivity contribution in [2.75, 3.05) is 12.3 Å². The van der Waals surface area contributed by atoms with E-state index in [0.29, 0.717) is 17.2 Å². The molecule has 0 aliphatic rings. The highest BCUT2D eigenvalue weighted by Gasteiger charge is 2.09. The molecular weight excluding hydrogens is 342 g/mol. The Kier molecular flexibility index (Phi) is 7.16. The van der Waals surface area contributed by atoms with Crippen molar-refractivity contribution in [3.63, 3.8) is 0 Å². The SMILES string of the molecule is Cc1ccc(SCCC(=O)NCC(O)c2ccc(Cl)cc2)cc1C. The van der Waals surface area contributed by atoms with Gasteiger partial charge in [0.2, 0.25) is 5.91 Å². The van der Waals surface area contributed by atoms with Gasteiger partial charge in [0.25, 0.3) is 0 Å². The molecule has 2 rings (SSSR count). The molecule has 0 saturated carbocycles. The maximum atomic E-state index is 11.9. The van der Waals surface area contributed by atoms with E-state index in [1.165, 1.54) is 16.0 Å². The lowest BCUT2D eigenvalue weighted by Gasteiger charge is -2.12. The quantitative estimate of drug-likeness (QED) is 0.721. The van der Waals surface area contributed by atoms with Gasteiger partial charge < -0.3 is 10.4 Å². The minimum absolute atomic E-state index is 0.0562. The Balaban J connectivity index is 1.71. The Hall–Kier alpha value is -1.49. The van der Waals surface area contributed by atoms with E-state index in [1.54, 1.807) is 36.0 Å². The van der Waals surface area contributed by atoms with Gasteiger partial charge in [0, 0.05) is 28.6 Å². The van der Waals surface area contributed by atoms with E-state index in [2.05, 4.69) is 37.4 Å². The summed E-state index contributed by atoms with van der Waals surface area (Å²) in [4.78, 5) is 13.1. The lowest BCUT2D eigenvalue weighted by molar-refractivity contribution is -0.121. The number of rotatable bonds is 7. The Morgan fingerprint density at radius 2 is 1.88 bits per heavy atom. The third kappa shape index (κ3) is 5.86. The zero-order valence-electron chi connectivity index (χ0n) is 13.9. The normalized spacial score (nSPS) is 12.0. The molecule has 5 heteroatoms. The summed E-state index contributed by atoms with van der Waals surface area (Å²) >= 11 is 7.48. The fraction of sp³-hybridized carbons (Fsp3) is 0.316. The van der Waals surface area contributed by atoms with Crippen molar-refractivity contribution in [3.05, 3.63) is 64.2 Å². The monoisotopic (exact) mass is 363 g/mol. The van der Waals surface area contributed by atoms with Crippen LogP contribution in [0.2, 0.25) is 5.02 Å². The van der Waals surface area contributed by atoms with Crippen LogP contribution < -0.4 is 5.32 Å². The Morgan fingerprint density at radius 3 is 2.54 bits per heavy atom. The van der Waals surface area contributed by atoms with Gasteiger partial charge in [-0.1, -0.05) is 29.8 Å². The summed E-state index contributed by atoms with van der Waals surface area (Å²) in [7, 11) is 0. The van der Waals surface area contributed by atoms with Gasteiger partial charge in [-0.15, -0.1) is 11.8 Å². The van der Waals surface area contributed by atoms with E-state index >= 15 is 0 Å². The topological polar surface area (TPSA) is 49.3 Å². The van der Waals surface area contributed by atoms with E-state index in [4.69, 9.17) is 11.6 Å². The van der Waals surface area contributed by atoms with Crippen LogP contribution in [0.5, 0.6) is 0 Å². The second kappa shape index (κ2) is 9.11. The first kappa shape index (κ1) is 18.8. The summed E-state index contributed by atoms with van der Waals surface area (Å²) in [6.07, 6.45) is -0.302. The molecule has 0 fully saturated rings. The zero-order valence-corrected chi connectivity index (χ0v) is 15.5. The maximum absolute atomic E-state index is 11.9. The molecule has 0 aliphatic heterocycles. The van der Waals surface area contributed by atoms with E-state index in [9.17, 15) is 9.90 Å². The highest BCUT2D eigenvalue weighted by atomic mass is 35.5. The van der Waals surface area contributed by atoms with Gasteiger partial charge >= 0.3 is 0 Å². The van der Waals surface area contributed by atoms with Crippen LogP contribution in [0.15, 0.2) is 47.4 Å². The predicted molar refractivity (Wildman–Crippen MR) is 101 cm³/mol. The van der Waals surface area contributed by atoms with Crippen LogP contribution in [0.25, 0.3) is 0 Å². The number of nitrogens with one attached hydrogen (secondary N) is 1. The molecule has 0 aliphatic carbocycles. The number of aryl methyl sites for hydroxylation is 2. The molecule has 0 saturated heterocycles. The molecule has 1 atom stereocenters. The van der Waals surface area contributed by atoms with E-state index in [0.717, 1.165) is 5.56 Å². The number of thioether (sulfide) groups is 1. The van der Waals surface area contributed by atoms with Crippen molar-refractivity contribution in [2.45, 2.75) is 31.3 Å². The number of carbonyl (C=O) groups is 1. The van der Waals surface area contributed by atoms with Gasteiger partial charge in [0.05, 0.1) is 6.10 Å². The summed E-state index contributed by atoms with van der Waals surface area (Å²) in [5.74, 6) is 0.658. The summed E-state index contributed by atoms with van der Waals surface area (Å²) in [5, 5.41) is 13.4. The smallest absolute Gasteiger partial charge is 0.220 e. The molecular formula is C19H22ClNO2S. The number of halogens is 1. The Labute approximate surface area is 152 Å². The number of carbonyl (C=O) groups excluding carboxylic acids is 1. The molecule has 128 valence electrons. The van der Waals surface area contributed by atoms with Crippen molar-refractivity contribution in [3.8, 4) is 0 Å². The zero-order chi connectivity index (χ0) is 17.5. The number of amides is 1. The number of aliphatic hydroxyl groups excluding tert-OH is 1. The molecule has 1 amide bonds. The summed E-state index contributed by atoms with van der Waals surface area (Å²) in [6, 6.07) is 13.3. The average Bonchev–Trinajstić information content (AvgIpc) is 2.56. The Morgan fingerprint density at radius 1 is 1.17 bits per heavy atom. The van der Waals surface area contributed by atoms with Crippen molar-refractivity contribution in [1.82, 2.24) is 5.32 Å². The number of benzene rings is 2. The van der Waals surface area contributed by atoms with Crippen LogP contribution in [0.1, 0.15) is 29.2 Å². The van der Waals surface area contributed by atoms with Crippen molar-refractivity contribution >= 4 is 29.3 Å². The first-order valence-corrected chi connectivity index (χ1v) is 9.22. The van der Waals surface area contributed by atoms with E-state index < -0.39 is 6.10 Å². The van der Waals surface area contributed by atoms with Crippen LogP contribution in [-0.4, -0.2) is 23.3 Å². The third-order valence-corrected chi connectivity index (χ3v) is 5.07. The van der Waals surface area contributed by atoms with Crippen molar-refractivity contribution in [1.29, 1.82) is 0 Å². The molecule has 0 radical (unpaired) electrons. The first-order valence-electron chi connectivity index (χ1n) is 7.86. The van der Waals surface area contributed by atoms with E-state index in [-0.39, 0.29) is 12.5 Å². The minimum Gasteiger partial charge on any atom is -0.387 e. The molecule has 2 aromatic carbocycles. The van der Waals surface area contributed by atoms with E-state index in [1.807, 2.05) is 0 Å². The molecule has 0 spiro atoms. The van der Waals surface area contributed by atoms with Gasteiger partial charge in [-0.3, -0.25) is 4.79 Å². The number of hydrogen-bond acceptors (Lipinski definition) is 3. The average molecular weight is 364 g/mol. The molecule has 1 unspecified atom stereocenters. The largest absolute Gasteiger partial charge is 0.387 e. The summed E-state index contributed by atoms with van der Waals surface area (Å²) < 4.78 is 0. The van der Waals surface area contributed by atoms with Crippen LogP contribution in [0.3, 0.4) is 0 Å². The molecule has 2 aromatic rings. The fourth-order valence-electron chi connectivity index (χ4n) is 2.17. The van der Waals surface area contributed by atoms with Crippen LogP contribution in [0.4, 0.5) is 0 Å². The first-order chi connectivity index (χ1) is 11.5. The van der Waals surface area contributed by atoms with Crippen molar-refractivity contribution in [2.24, 2.45) is 0 Å². The summed E-state index contributed by atoms with van der Waals surface area (Å²) in [6.45, 7) is 4.38. The van der Waals surface area contributed by atoms with Gasteiger partial charge in [-0.25, -0.2) is 0 Å². The maximum Gasteiger partial charge on any atom is 0.220 e. The van der Waals surface area contributed by atoms with Crippen LogP contribution >= 0.6 is 23.4 Å². The molecule has 0 aromatic heterocycles. The minimum atomic E-state index is -0.724. The second-order valence-electron chi connectivity index (χ2n) is 5.72. The second-order valence-corrected chi connectivity index (χ2v) is 7.32. The van der Waals surface area contributed by atoms with Gasteiger partial charge in [-0.05, 0) is 54.8 Å². The number of aliphatic hydroxyl groups is 1. The third-order valence-electron chi connectivity index (χ3n) is 3.82.